The molecule has 0 spiro atoms. The lowest BCUT2D eigenvalue weighted by Crippen LogP contribution is -2.12. The molecule has 72 valence electrons. The molecule has 13 heavy (non-hydrogen) atoms. The van der Waals surface area contributed by atoms with Crippen molar-refractivity contribution >= 4 is 0 Å². The van der Waals surface area contributed by atoms with Crippen LogP contribution in [0.5, 0.6) is 0 Å². The number of hydrogen-bond acceptors (Lipinski definition) is 1. The summed E-state index contributed by atoms with van der Waals surface area (Å²) in [6.45, 7) is 0. The Bertz CT molecular complexity index is 206. The maximum absolute atomic E-state index is 9.85. The normalized spacial score (nSPS) is 38.0. The van der Waals surface area contributed by atoms with E-state index in [1.54, 1.807) is 0 Å². The number of fused-ring (bicyclic) bond motifs is 1. The van der Waals surface area contributed by atoms with E-state index in [0.717, 1.165) is 31.1 Å². The fourth-order valence-electron chi connectivity index (χ4n) is 3.05. The zero-order valence-corrected chi connectivity index (χ0v) is 8.08. The first kappa shape index (κ1) is 9.09. The van der Waals surface area contributed by atoms with Gasteiger partial charge in [-0.15, -0.1) is 12.3 Å². The number of unbranched alkanes of at least 4 members (excludes halogenated alkanes) is 1. The lowest BCUT2D eigenvalue weighted by atomic mass is 10.0. The Balaban J connectivity index is 1.68. The van der Waals surface area contributed by atoms with Crippen molar-refractivity contribution in [1.82, 2.24) is 0 Å². The lowest BCUT2D eigenvalue weighted by Gasteiger charge is -2.11. The maximum Gasteiger partial charge on any atom is 0.0574 e. The molecule has 0 amide bonds. The highest BCUT2D eigenvalue weighted by atomic mass is 16.3. The smallest absolute Gasteiger partial charge is 0.0574 e. The van der Waals surface area contributed by atoms with E-state index >= 15 is 0 Å². The highest BCUT2D eigenvalue weighted by Gasteiger charge is 2.55. The van der Waals surface area contributed by atoms with Crippen molar-refractivity contribution in [2.45, 2.75) is 44.6 Å². The summed E-state index contributed by atoms with van der Waals surface area (Å²) in [6.07, 6.45) is 12.0. The first-order valence-electron chi connectivity index (χ1n) is 5.46. The third-order valence-corrected chi connectivity index (χ3v) is 3.74. The van der Waals surface area contributed by atoms with Crippen molar-refractivity contribution in [3.05, 3.63) is 0 Å². The number of terminal acetylenes is 1. The second-order valence-corrected chi connectivity index (χ2v) is 4.50. The molecule has 3 atom stereocenters. The van der Waals surface area contributed by atoms with Crippen LogP contribution >= 0.6 is 0 Å². The molecule has 0 saturated heterocycles. The minimum atomic E-state index is -0.0522. The summed E-state index contributed by atoms with van der Waals surface area (Å²) >= 11 is 0. The molecule has 3 unspecified atom stereocenters. The van der Waals surface area contributed by atoms with Crippen LogP contribution in [0.25, 0.3) is 0 Å². The summed E-state index contributed by atoms with van der Waals surface area (Å²) in [5.41, 5.74) is 0. The van der Waals surface area contributed by atoms with Gasteiger partial charge >= 0.3 is 0 Å². The number of hydrogen-bond donors (Lipinski definition) is 1. The molecule has 1 heteroatoms. The zero-order chi connectivity index (χ0) is 9.26. The van der Waals surface area contributed by atoms with Crippen LogP contribution in [0.1, 0.15) is 38.5 Å². The van der Waals surface area contributed by atoms with Gasteiger partial charge in [0.1, 0.15) is 0 Å². The maximum atomic E-state index is 9.85. The molecular formula is C12H18O. The van der Waals surface area contributed by atoms with Gasteiger partial charge in [-0.25, -0.2) is 0 Å². The Morgan fingerprint density at radius 2 is 2.08 bits per heavy atom. The molecule has 0 aromatic rings. The number of aliphatic hydroxyl groups excluding tert-OH is 1. The average molecular weight is 178 g/mol. The molecule has 1 nitrogen and oxygen atoms in total. The Morgan fingerprint density at radius 1 is 1.38 bits per heavy atom. The summed E-state index contributed by atoms with van der Waals surface area (Å²) in [6, 6.07) is 0. The minimum Gasteiger partial charge on any atom is -0.393 e. The summed E-state index contributed by atoms with van der Waals surface area (Å²) in [5.74, 6) is 5.02. The highest BCUT2D eigenvalue weighted by Crippen LogP contribution is 2.59. The summed E-state index contributed by atoms with van der Waals surface area (Å²) < 4.78 is 0. The van der Waals surface area contributed by atoms with E-state index in [9.17, 15) is 5.11 Å². The molecular weight excluding hydrogens is 160 g/mol. The fourth-order valence-corrected chi connectivity index (χ4v) is 3.05. The molecule has 0 aliphatic heterocycles. The quantitative estimate of drug-likeness (QED) is 0.517. The van der Waals surface area contributed by atoms with Crippen LogP contribution in [-0.2, 0) is 0 Å². The summed E-state index contributed by atoms with van der Waals surface area (Å²) in [5, 5.41) is 9.85. The van der Waals surface area contributed by atoms with Crippen LogP contribution in [0, 0.1) is 30.1 Å². The van der Waals surface area contributed by atoms with Gasteiger partial charge in [-0.3, -0.25) is 0 Å². The molecule has 2 aliphatic carbocycles. The van der Waals surface area contributed by atoms with E-state index in [4.69, 9.17) is 6.42 Å². The molecule has 2 saturated carbocycles. The Morgan fingerprint density at radius 3 is 2.69 bits per heavy atom. The molecule has 0 bridgehead atoms. The summed E-state index contributed by atoms with van der Waals surface area (Å²) in [4.78, 5) is 0. The van der Waals surface area contributed by atoms with Gasteiger partial charge in [-0.2, -0.15) is 0 Å². The van der Waals surface area contributed by atoms with Crippen molar-refractivity contribution in [2.24, 2.45) is 17.8 Å². The lowest BCUT2D eigenvalue weighted by molar-refractivity contribution is 0.124. The molecule has 0 heterocycles. The molecule has 0 radical (unpaired) electrons. The third-order valence-electron chi connectivity index (χ3n) is 3.74. The Labute approximate surface area is 80.5 Å². The van der Waals surface area contributed by atoms with Crippen LogP contribution in [0.2, 0.25) is 0 Å². The second-order valence-electron chi connectivity index (χ2n) is 4.50. The average Bonchev–Trinajstić information content (AvgIpc) is 2.61. The molecule has 0 aromatic heterocycles. The number of aliphatic hydroxyl groups is 1. The van der Waals surface area contributed by atoms with E-state index in [1.165, 1.54) is 19.3 Å². The van der Waals surface area contributed by atoms with Gasteiger partial charge in [0.25, 0.3) is 0 Å². The van der Waals surface area contributed by atoms with Crippen molar-refractivity contribution in [2.75, 3.05) is 0 Å². The molecule has 2 rings (SSSR count). The van der Waals surface area contributed by atoms with Gasteiger partial charge in [0.15, 0.2) is 0 Å². The predicted octanol–water partition coefficient (Wildman–Crippen LogP) is 2.20. The van der Waals surface area contributed by atoms with Crippen molar-refractivity contribution in [1.29, 1.82) is 0 Å². The second kappa shape index (κ2) is 3.72. The van der Waals surface area contributed by atoms with Crippen molar-refractivity contribution in [3.8, 4) is 12.3 Å². The fraction of sp³-hybridized carbons (Fsp3) is 0.833. The first-order valence-corrected chi connectivity index (χ1v) is 5.46. The minimum absolute atomic E-state index is 0.0522. The van der Waals surface area contributed by atoms with Gasteiger partial charge < -0.3 is 5.11 Å². The Kier molecular flexibility index (Phi) is 2.60. The van der Waals surface area contributed by atoms with Gasteiger partial charge in [0.05, 0.1) is 6.10 Å². The topological polar surface area (TPSA) is 20.2 Å². The van der Waals surface area contributed by atoms with E-state index < -0.39 is 0 Å². The highest BCUT2D eigenvalue weighted by molar-refractivity contribution is 5.04. The van der Waals surface area contributed by atoms with Crippen LogP contribution in [0.15, 0.2) is 0 Å². The molecule has 1 N–H and O–H groups in total. The molecule has 2 aliphatic rings. The molecule has 2 fully saturated rings. The van der Waals surface area contributed by atoms with Gasteiger partial charge in [-0.1, -0.05) is 6.42 Å². The van der Waals surface area contributed by atoms with E-state index in [2.05, 4.69) is 5.92 Å². The van der Waals surface area contributed by atoms with E-state index in [0.29, 0.717) is 5.92 Å². The molecule has 0 aromatic carbocycles. The van der Waals surface area contributed by atoms with Crippen LogP contribution in [0.4, 0.5) is 0 Å². The standard InChI is InChI=1S/C12H18O/c1-2-3-4-8-11(13)12-9-6-5-7-10(9)12/h1,9-13H,3-8H2. The Hall–Kier alpha value is -0.480. The van der Waals surface area contributed by atoms with Crippen LogP contribution in [-0.4, -0.2) is 11.2 Å². The van der Waals surface area contributed by atoms with Crippen LogP contribution < -0.4 is 0 Å². The monoisotopic (exact) mass is 178 g/mol. The van der Waals surface area contributed by atoms with E-state index in [-0.39, 0.29) is 6.10 Å². The zero-order valence-electron chi connectivity index (χ0n) is 8.08. The van der Waals surface area contributed by atoms with Gasteiger partial charge in [0.2, 0.25) is 0 Å². The third kappa shape index (κ3) is 1.74. The summed E-state index contributed by atoms with van der Waals surface area (Å²) in [7, 11) is 0. The van der Waals surface area contributed by atoms with Crippen LogP contribution in [0.3, 0.4) is 0 Å². The predicted molar refractivity (Wildman–Crippen MR) is 53.0 cm³/mol. The van der Waals surface area contributed by atoms with Gasteiger partial charge in [-0.05, 0) is 43.4 Å². The van der Waals surface area contributed by atoms with Crippen molar-refractivity contribution < 1.29 is 5.11 Å². The largest absolute Gasteiger partial charge is 0.393 e. The number of rotatable bonds is 4. The van der Waals surface area contributed by atoms with E-state index in [1.807, 2.05) is 0 Å². The van der Waals surface area contributed by atoms with Gasteiger partial charge in [0, 0.05) is 6.42 Å². The SMILES string of the molecule is C#CCCCC(O)C1C2CCCC21. The first-order chi connectivity index (χ1) is 6.34. The van der Waals surface area contributed by atoms with Crippen molar-refractivity contribution in [3.63, 3.8) is 0 Å².